The monoisotopic (exact) mass is 323 g/mol. The van der Waals surface area contributed by atoms with Gasteiger partial charge in [-0.05, 0) is 50.6 Å². The van der Waals surface area contributed by atoms with Crippen molar-refractivity contribution in [2.45, 2.75) is 32.2 Å². The number of rotatable bonds is 5. The Morgan fingerprint density at radius 2 is 1.88 bits per heavy atom. The average molecular weight is 323 g/mol. The fourth-order valence-corrected chi connectivity index (χ4v) is 3.28. The van der Waals surface area contributed by atoms with Crippen LogP contribution in [0.25, 0.3) is 0 Å². The Hall–Kier alpha value is -2.20. The molecule has 1 N–H and O–H groups in total. The lowest BCUT2D eigenvalue weighted by molar-refractivity contribution is 0.0950. The first-order valence-electron chi connectivity index (χ1n) is 8.77. The molecule has 1 aliphatic rings. The fourth-order valence-electron chi connectivity index (χ4n) is 3.28. The standard InChI is InChI=1S/C20H25N3O/c1-2-21-20(24)19-10-6-9-18(22-19)17-11-13-23(14-12-17)15-16-7-4-3-5-8-16/h3-10,17H,2,11-15H2,1H3,(H,21,24). The Morgan fingerprint density at radius 3 is 2.58 bits per heavy atom. The number of hydrogen-bond donors (Lipinski definition) is 1. The third-order valence-corrected chi connectivity index (χ3v) is 4.60. The smallest absolute Gasteiger partial charge is 0.269 e. The zero-order chi connectivity index (χ0) is 16.8. The number of pyridine rings is 1. The van der Waals surface area contributed by atoms with Crippen LogP contribution in [0.3, 0.4) is 0 Å². The van der Waals surface area contributed by atoms with Crippen LogP contribution in [0.4, 0.5) is 0 Å². The largest absolute Gasteiger partial charge is 0.351 e. The van der Waals surface area contributed by atoms with Crippen molar-refractivity contribution in [3.05, 3.63) is 65.5 Å². The van der Waals surface area contributed by atoms with E-state index in [4.69, 9.17) is 0 Å². The summed E-state index contributed by atoms with van der Waals surface area (Å²) < 4.78 is 0. The van der Waals surface area contributed by atoms with Crippen LogP contribution in [0.5, 0.6) is 0 Å². The summed E-state index contributed by atoms with van der Waals surface area (Å²) >= 11 is 0. The molecule has 1 aliphatic heterocycles. The number of aromatic nitrogens is 1. The van der Waals surface area contributed by atoms with Crippen LogP contribution in [0.1, 0.15) is 47.4 Å². The molecule has 0 bridgehead atoms. The van der Waals surface area contributed by atoms with Crippen LogP contribution < -0.4 is 5.32 Å². The van der Waals surface area contributed by atoms with Gasteiger partial charge in [-0.3, -0.25) is 9.69 Å². The Kier molecular flexibility index (Phi) is 5.59. The highest BCUT2D eigenvalue weighted by molar-refractivity contribution is 5.92. The summed E-state index contributed by atoms with van der Waals surface area (Å²) in [6.45, 7) is 5.71. The molecule has 4 nitrogen and oxygen atoms in total. The molecular weight excluding hydrogens is 298 g/mol. The second kappa shape index (κ2) is 8.06. The van der Waals surface area contributed by atoms with Crippen molar-refractivity contribution in [2.75, 3.05) is 19.6 Å². The molecule has 1 aromatic carbocycles. The van der Waals surface area contributed by atoms with E-state index in [1.165, 1.54) is 5.56 Å². The maximum absolute atomic E-state index is 12.0. The molecule has 24 heavy (non-hydrogen) atoms. The van der Waals surface area contributed by atoms with Crippen LogP contribution in [0.15, 0.2) is 48.5 Å². The Bertz CT molecular complexity index is 664. The molecule has 1 fully saturated rings. The molecular formula is C20H25N3O. The Morgan fingerprint density at radius 1 is 1.12 bits per heavy atom. The van der Waals surface area contributed by atoms with E-state index in [2.05, 4.69) is 51.6 Å². The van der Waals surface area contributed by atoms with Gasteiger partial charge in [0.1, 0.15) is 5.69 Å². The number of hydrogen-bond acceptors (Lipinski definition) is 3. The summed E-state index contributed by atoms with van der Waals surface area (Å²) in [6, 6.07) is 16.4. The third kappa shape index (κ3) is 4.20. The highest BCUT2D eigenvalue weighted by Gasteiger charge is 2.22. The number of nitrogens with one attached hydrogen (secondary N) is 1. The maximum atomic E-state index is 12.0. The van der Waals surface area contributed by atoms with Crippen molar-refractivity contribution >= 4 is 5.91 Å². The van der Waals surface area contributed by atoms with Gasteiger partial charge in [-0.15, -0.1) is 0 Å². The number of nitrogens with zero attached hydrogens (tertiary/aromatic N) is 2. The average Bonchev–Trinajstić information content (AvgIpc) is 2.63. The number of carbonyl (C=O) groups excluding carboxylic acids is 1. The van der Waals surface area contributed by atoms with E-state index in [1.807, 2.05) is 13.0 Å². The first kappa shape index (κ1) is 16.7. The Balaban J connectivity index is 1.58. The van der Waals surface area contributed by atoms with Gasteiger partial charge in [0.15, 0.2) is 0 Å². The number of benzene rings is 1. The van der Waals surface area contributed by atoms with Crippen LogP contribution in [-0.2, 0) is 6.54 Å². The van der Waals surface area contributed by atoms with Crippen LogP contribution >= 0.6 is 0 Å². The summed E-state index contributed by atoms with van der Waals surface area (Å²) in [4.78, 5) is 19.0. The van der Waals surface area contributed by atoms with E-state index in [9.17, 15) is 4.79 Å². The van der Waals surface area contributed by atoms with Crippen molar-refractivity contribution in [3.8, 4) is 0 Å². The molecule has 0 atom stereocenters. The number of amides is 1. The predicted molar refractivity (Wildman–Crippen MR) is 95.9 cm³/mol. The van der Waals surface area contributed by atoms with Crippen molar-refractivity contribution in [2.24, 2.45) is 0 Å². The van der Waals surface area contributed by atoms with E-state index in [1.54, 1.807) is 6.07 Å². The van der Waals surface area contributed by atoms with E-state index < -0.39 is 0 Å². The van der Waals surface area contributed by atoms with Crippen molar-refractivity contribution < 1.29 is 4.79 Å². The molecule has 126 valence electrons. The summed E-state index contributed by atoms with van der Waals surface area (Å²) in [7, 11) is 0. The predicted octanol–water partition coefficient (Wildman–Crippen LogP) is 3.21. The van der Waals surface area contributed by atoms with Crippen molar-refractivity contribution in [3.63, 3.8) is 0 Å². The highest BCUT2D eigenvalue weighted by Crippen LogP contribution is 2.27. The molecule has 1 amide bonds. The SMILES string of the molecule is CCNC(=O)c1cccc(C2CCN(Cc3ccccc3)CC2)n1. The van der Waals surface area contributed by atoms with Gasteiger partial charge in [-0.25, -0.2) is 4.98 Å². The zero-order valence-corrected chi connectivity index (χ0v) is 14.2. The zero-order valence-electron chi connectivity index (χ0n) is 14.2. The normalized spacial score (nSPS) is 16.0. The molecule has 0 unspecified atom stereocenters. The quantitative estimate of drug-likeness (QED) is 0.919. The van der Waals surface area contributed by atoms with Crippen molar-refractivity contribution in [1.82, 2.24) is 15.2 Å². The molecule has 4 heteroatoms. The third-order valence-electron chi connectivity index (χ3n) is 4.60. The van der Waals surface area contributed by atoms with Gasteiger partial charge in [0.05, 0.1) is 0 Å². The fraction of sp³-hybridized carbons (Fsp3) is 0.400. The Labute approximate surface area is 143 Å². The second-order valence-corrected chi connectivity index (χ2v) is 6.34. The maximum Gasteiger partial charge on any atom is 0.269 e. The minimum atomic E-state index is -0.0825. The van der Waals surface area contributed by atoms with E-state index >= 15 is 0 Å². The lowest BCUT2D eigenvalue weighted by Gasteiger charge is -2.31. The van der Waals surface area contributed by atoms with Gasteiger partial charge in [0, 0.05) is 24.7 Å². The molecule has 0 radical (unpaired) electrons. The minimum Gasteiger partial charge on any atom is -0.351 e. The van der Waals surface area contributed by atoms with Gasteiger partial charge in [-0.1, -0.05) is 36.4 Å². The van der Waals surface area contributed by atoms with Crippen LogP contribution in [0, 0.1) is 0 Å². The van der Waals surface area contributed by atoms with Crippen LogP contribution in [0.2, 0.25) is 0 Å². The molecule has 0 aliphatic carbocycles. The van der Waals surface area contributed by atoms with E-state index in [-0.39, 0.29) is 5.91 Å². The van der Waals surface area contributed by atoms with E-state index in [0.29, 0.717) is 18.2 Å². The van der Waals surface area contributed by atoms with Crippen LogP contribution in [-0.4, -0.2) is 35.4 Å². The molecule has 3 rings (SSSR count). The van der Waals surface area contributed by atoms with E-state index in [0.717, 1.165) is 38.2 Å². The summed E-state index contributed by atoms with van der Waals surface area (Å²) in [5.74, 6) is 0.368. The number of carbonyl (C=O) groups is 1. The number of likely N-dealkylation sites (tertiary alicyclic amines) is 1. The lowest BCUT2D eigenvalue weighted by atomic mass is 9.92. The summed E-state index contributed by atoms with van der Waals surface area (Å²) in [5.41, 5.74) is 2.95. The van der Waals surface area contributed by atoms with Crippen molar-refractivity contribution in [1.29, 1.82) is 0 Å². The molecule has 2 heterocycles. The highest BCUT2D eigenvalue weighted by atomic mass is 16.1. The van der Waals surface area contributed by atoms with Gasteiger partial charge < -0.3 is 5.32 Å². The van der Waals surface area contributed by atoms with Gasteiger partial charge >= 0.3 is 0 Å². The number of piperidine rings is 1. The molecule has 0 spiro atoms. The first-order chi connectivity index (χ1) is 11.8. The van der Waals surface area contributed by atoms with Gasteiger partial charge in [0.2, 0.25) is 0 Å². The van der Waals surface area contributed by atoms with Gasteiger partial charge in [0.25, 0.3) is 5.91 Å². The summed E-state index contributed by atoms with van der Waals surface area (Å²) in [6.07, 6.45) is 2.19. The summed E-state index contributed by atoms with van der Waals surface area (Å²) in [5, 5.41) is 2.82. The molecule has 0 saturated carbocycles. The first-order valence-corrected chi connectivity index (χ1v) is 8.77. The topological polar surface area (TPSA) is 45.2 Å². The molecule has 2 aromatic rings. The lowest BCUT2D eigenvalue weighted by Crippen LogP contribution is -2.33. The minimum absolute atomic E-state index is 0.0825. The second-order valence-electron chi connectivity index (χ2n) is 6.34. The molecule has 1 saturated heterocycles. The molecule has 1 aromatic heterocycles. The van der Waals surface area contributed by atoms with Gasteiger partial charge in [-0.2, -0.15) is 0 Å².